The highest BCUT2D eigenvalue weighted by molar-refractivity contribution is 9.10. The first-order valence-electron chi connectivity index (χ1n) is 11.8. The zero-order valence-electron chi connectivity index (χ0n) is 20.8. The topological polar surface area (TPSA) is 67.2 Å². The number of aryl methyl sites for hydroxylation is 2. The van der Waals surface area contributed by atoms with Crippen LogP contribution in [0, 0.1) is 13.8 Å². The average molecular weight is 545 g/mol. The van der Waals surface area contributed by atoms with Gasteiger partial charge in [0.15, 0.2) is 0 Å². The molecule has 7 heteroatoms. The molecule has 0 aliphatic heterocycles. The number of nitrogens with zero attached hydrogens (tertiary/aromatic N) is 3. The average Bonchev–Trinajstić information content (AvgIpc) is 3.18. The largest absolute Gasteiger partial charge is 0.327 e. The van der Waals surface area contributed by atoms with E-state index in [2.05, 4.69) is 21.2 Å². The van der Waals surface area contributed by atoms with Gasteiger partial charge in [0, 0.05) is 21.6 Å². The first kappa shape index (κ1) is 25.4. The Morgan fingerprint density at radius 1 is 0.944 bits per heavy atom. The van der Waals surface area contributed by atoms with Crippen molar-refractivity contribution in [2.75, 3.05) is 11.9 Å². The molecule has 0 spiro atoms. The van der Waals surface area contributed by atoms with Gasteiger partial charge in [-0.2, -0.15) is 5.10 Å². The fourth-order valence-electron chi connectivity index (χ4n) is 4.04. The van der Waals surface area contributed by atoms with Crippen LogP contribution in [-0.2, 0) is 4.79 Å². The molecule has 1 heterocycles. The highest BCUT2D eigenvalue weighted by atomic mass is 79.9. The second kappa shape index (κ2) is 10.9. The third-order valence-corrected chi connectivity index (χ3v) is 6.48. The summed E-state index contributed by atoms with van der Waals surface area (Å²) < 4.78 is 2.65. The van der Waals surface area contributed by atoms with E-state index in [9.17, 15) is 9.59 Å². The van der Waals surface area contributed by atoms with Crippen LogP contribution in [0.4, 0.5) is 5.82 Å². The van der Waals surface area contributed by atoms with Crippen molar-refractivity contribution in [2.45, 2.75) is 33.7 Å². The van der Waals surface area contributed by atoms with Gasteiger partial charge < -0.3 is 10.2 Å². The van der Waals surface area contributed by atoms with E-state index in [0.717, 1.165) is 32.5 Å². The highest BCUT2D eigenvalue weighted by Gasteiger charge is 2.25. The summed E-state index contributed by atoms with van der Waals surface area (Å²) in [6.07, 6.45) is 0. The maximum absolute atomic E-state index is 13.4. The number of anilines is 1. The molecule has 0 radical (unpaired) electrons. The van der Waals surface area contributed by atoms with E-state index in [1.165, 1.54) is 0 Å². The van der Waals surface area contributed by atoms with Gasteiger partial charge in [-0.3, -0.25) is 9.59 Å². The summed E-state index contributed by atoms with van der Waals surface area (Å²) in [5, 5.41) is 7.83. The number of nitrogens with one attached hydrogen (secondary N) is 1. The molecule has 6 nitrogen and oxygen atoms in total. The van der Waals surface area contributed by atoms with Gasteiger partial charge in [-0.1, -0.05) is 64.0 Å². The zero-order valence-corrected chi connectivity index (χ0v) is 22.4. The first-order valence-corrected chi connectivity index (χ1v) is 12.6. The molecule has 36 heavy (non-hydrogen) atoms. The van der Waals surface area contributed by atoms with E-state index >= 15 is 0 Å². The monoisotopic (exact) mass is 544 g/mol. The van der Waals surface area contributed by atoms with Crippen molar-refractivity contribution in [3.63, 3.8) is 0 Å². The normalized spacial score (nSPS) is 10.9. The molecule has 1 N–H and O–H groups in total. The van der Waals surface area contributed by atoms with Crippen molar-refractivity contribution < 1.29 is 9.59 Å². The molecule has 0 aliphatic rings. The molecule has 1 aromatic heterocycles. The Morgan fingerprint density at radius 3 is 2.19 bits per heavy atom. The third kappa shape index (κ3) is 5.57. The molecule has 4 rings (SSSR count). The van der Waals surface area contributed by atoms with Gasteiger partial charge in [-0.05, 0) is 69.7 Å². The lowest BCUT2D eigenvalue weighted by Crippen LogP contribution is -2.42. The molecule has 0 saturated heterocycles. The van der Waals surface area contributed by atoms with Crippen LogP contribution >= 0.6 is 15.9 Å². The summed E-state index contributed by atoms with van der Waals surface area (Å²) in [6.45, 7) is 7.68. The van der Waals surface area contributed by atoms with Gasteiger partial charge in [0.1, 0.15) is 12.4 Å². The minimum atomic E-state index is -0.292. The number of rotatable bonds is 7. The van der Waals surface area contributed by atoms with Gasteiger partial charge >= 0.3 is 0 Å². The predicted molar refractivity (Wildman–Crippen MR) is 147 cm³/mol. The summed E-state index contributed by atoms with van der Waals surface area (Å²) in [4.78, 5) is 28.2. The summed E-state index contributed by atoms with van der Waals surface area (Å²) in [5.41, 5.74) is 5.10. The van der Waals surface area contributed by atoms with E-state index in [1.807, 2.05) is 94.4 Å². The molecule has 0 unspecified atom stereocenters. The first-order chi connectivity index (χ1) is 17.2. The van der Waals surface area contributed by atoms with Crippen LogP contribution in [0.15, 0.2) is 83.3 Å². The van der Waals surface area contributed by atoms with Crippen LogP contribution < -0.4 is 5.32 Å². The Labute approximate surface area is 220 Å². The number of amides is 2. The van der Waals surface area contributed by atoms with Gasteiger partial charge in [0.2, 0.25) is 5.91 Å². The standard InChI is InChI=1S/C29H29BrN4O2/c1-19(2)33(29(36)23-12-14-24(30)15-13-23)18-26(35)31-28-27(22-8-6-5-7-9-22)21(4)32-34(28)25-16-10-20(3)11-17-25/h5-17,19H,18H2,1-4H3,(H,31,35). The smallest absolute Gasteiger partial charge is 0.254 e. The van der Waals surface area contributed by atoms with Gasteiger partial charge in [0.25, 0.3) is 5.91 Å². The number of benzene rings is 3. The molecule has 0 aliphatic carbocycles. The molecule has 0 fully saturated rings. The number of hydrogen-bond acceptors (Lipinski definition) is 3. The second-order valence-electron chi connectivity index (χ2n) is 9.00. The maximum Gasteiger partial charge on any atom is 0.254 e. The third-order valence-electron chi connectivity index (χ3n) is 5.95. The molecule has 0 bridgehead atoms. The van der Waals surface area contributed by atoms with Crippen LogP contribution in [0.25, 0.3) is 16.8 Å². The summed E-state index contributed by atoms with van der Waals surface area (Å²) in [5.74, 6) is 0.0890. The predicted octanol–water partition coefficient (Wildman–Crippen LogP) is 6.41. The van der Waals surface area contributed by atoms with Crippen molar-refractivity contribution in [2.24, 2.45) is 0 Å². The van der Waals surface area contributed by atoms with Crippen molar-refractivity contribution in [1.29, 1.82) is 0 Å². The summed E-state index contributed by atoms with van der Waals surface area (Å²) >= 11 is 3.40. The number of aromatic nitrogens is 2. The van der Waals surface area contributed by atoms with Gasteiger partial charge in [-0.25, -0.2) is 4.68 Å². The second-order valence-corrected chi connectivity index (χ2v) is 9.92. The molecular formula is C29H29BrN4O2. The highest BCUT2D eigenvalue weighted by Crippen LogP contribution is 2.33. The van der Waals surface area contributed by atoms with Crippen LogP contribution in [0.1, 0.15) is 35.5 Å². The van der Waals surface area contributed by atoms with Crippen LogP contribution in [-0.4, -0.2) is 39.1 Å². The van der Waals surface area contributed by atoms with Gasteiger partial charge in [-0.15, -0.1) is 0 Å². The minimum absolute atomic E-state index is 0.0844. The molecule has 184 valence electrons. The quantitative estimate of drug-likeness (QED) is 0.292. The maximum atomic E-state index is 13.4. The van der Waals surface area contributed by atoms with E-state index < -0.39 is 0 Å². The van der Waals surface area contributed by atoms with Crippen molar-refractivity contribution in [1.82, 2.24) is 14.7 Å². The summed E-state index contributed by atoms with van der Waals surface area (Å²) in [6, 6.07) is 24.8. The Balaban J connectivity index is 1.68. The van der Waals surface area contributed by atoms with Crippen LogP contribution in [0.3, 0.4) is 0 Å². The zero-order chi connectivity index (χ0) is 25.8. The van der Waals surface area contributed by atoms with E-state index in [-0.39, 0.29) is 24.4 Å². The van der Waals surface area contributed by atoms with Gasteiger partial charge in [0.05, 0.1) is 11.4 Å². The molecular weight excluding hydrogens is 516 g/mol. The number of halogens is 1. The van der Waals surface area contributed by atoms with Crippen molar-refractivity contribution in [3.8, 4) is 16.8 Å². The minimum Gasteiger partial charge on any atom is -0.327 e. The van der Waals surface area contributed by atoms with E-state index in [1.54, 1.807) is 21.7 Å². The number of hydrogen-bond donors (Lipinski definition) is 1. The fourth-order valence-corrected chi connectivity index (χ4v) is 4.30. The molecule has 3 aromatic carbocycles. The summed E-state index contributed by atoms with van der Waals surface area (Å²) in [7, 11) is 0. The fraction of sp³-hybridized carbons (Fsp3) is 0.207. The van der Waals surface area contributed by atoms with E-state index in [4.69, 9.17) is 5.10 Å². The van der Waals surface area contributed by atoms with Crippen LogP contribution in [0.2, 0.25) is 0 Å². The number of carbonyl (C=O) groups is 2. The Hall–Kier alpha value is -3.71. The SMILES string of the molecule is Cc1ccc(-n2nc(C)c(-c3ccccc3)c2NC(=O)CN(C(=O)c2ccc(Br)cc2)C(C)C)cc1. The number of carbonyl (C=O) groups excluding carboxylic acids is 2. The Bertz CT molecular complexity index is 1360. The lowest BCUT2D eigenvalue weighted by Gasteiger charge is -2.26. The Morgan fingerprint density at radius 2 is 1.58 bits per heavy atom. The lowest BCUT2D eigenvalue weighted by molar-refractivity contribution is -0.117. The Kier molecular flexibility index (Phi) is 7.70. The van der Waals surface area contributed by atoms with Crippen molar-refractivity contribution in [3.05, 3.63) is 100 Å². The van der Waals surface area contributed by atoms with E-state index in [0.29, 0.717) is 11.4 Å². The molecule has 2 amide bonds. The lowest BCUT2D eigenvalue weighted by atomic mass is 10.1. The van der Waals surface area contributed by atoms with Crippen LogP contribution in [0.5, 0.6) is 0 Å². The molecule has 0 saturated carbocycles. The van der Waals surface area contributed by atoms with Crippen molar-refractivity contribution >= 4 is 33.6 Å². The molecule has 0 atom stereocenters. The molecule has 4 aromatic rings.